The summed E-state index contributed by atoms with van der Waals surface area (Å²) >= 11 is 11.7. The van der Waals surface area contributed by atoms with Gasteiger partial charge in [0.05, 0.1) is 10.6 Å². The van der Waals surface area contributed by atoms with Crippen LogP contribution in [0, 0.1) is 0 Å². The van der Waals surface area contributed by atoms with E-state index in [9.17, 15) is 4.79 Å². The molecule has 0 atom stereocenters. The first kappa shape index (κ1) is 11.8. The number of nitrogens with one attached hydrogen (secondary N) is 1. The van der Waals surface area contributed by atoms with Crippen molar-refractivity contribution in [3.8, 4) is 0 Å². The van der Waals surface area contributed by atoms with E-state index in [-0.39, 0.29) is 11.5 Å². The third-order valence-electron chi connectivity index (χ3n) is 1.96. The molecule has 0 bridgehead atoms. The molecule has 1 heterocycles. The maximum atomic E-state index is 11.9. The van der Waals surface area contributed by atoms with E-state index in [1.807, 2.05) is 0 Å². The highest BCUT2D eigenvalue weighted by atomic mass is 35.5. The summed E-state index contributed by atoms with van der Waals surface area (Å²) in [5, 5.41) is 3.28. The number of anilines is 1. The van der Waals surface area contributed by atoms with Crippen LogP contribution in [0.25, 0.3) is 0 Å². The van der Waals surface area contributed by atoms with Crippen molar-refractivity contribution < 1.29 is 4.79 Å². The molecule has 0 unspecified atom stereocenters. The number of rotatable bonds is 2. The number of benzene rings is 1. The topological polar surface area (TPSA) is 54.9 Å². The summed E-state index contributed by atoms with van der Waals surface area (Å²) in [6, 6.07) is 6.31. The normalized spacial score (nSPS) is 10.0. The van der Waals surface area contributed by atoms with Crippen molar-refractivity contribution in [2.24, 2.45) is 0 Å². The molecule has 0 aliphatic rings. The molecule has 2 rings (SSSR count). The second-order valence-electron chi connectivity index (χ2n) is 3.15. The van der Waals surface area contributed by atoms with Gasteiger partial charge in [0.15, 0.2) is 0 Å². The van der Waals surface area contributed by atoms with Gasteiger partial charge in [-0.3, -0.25) is 10.1 Å². The number of carbonyl (C=O) groups is 1. The minimum Gasteiger partial charge on any atom is -0.290 e. The molecule has 1 amide bonds. The van der Waals surface area contributed by atoms with E-state index < -0.39 is 5.91 Å². The van der Waals surface area contributed by atoms with Gasteiger partial charge < -0.3 is 0 Å². The first-order valence-electron chi connectivity index (χ1n) is 4.70. The van der Waals surface area contributed by atoms with Crippen LogP contribution in [0.5, 0.6) is 0 Å². The third kappa shape index (κ3) is 2.93. The van der Waals surface area contributed by atoms with Crippen LogP contribution >= 0.6 is 23.2 Å². The highest BCUT2D eigenvalue weighted by molar-refractivity contribution is 6.36. The average molecular weight is 268 g/mol. The lowest BCUT2D eigenvalue weighted by atomic mass is 10.2. The zero-order valence-electron chi connectivity index (χ0n) is 8.52. The van der Waals surface area contributed by atoms with Crippen LogP contribution in [0.15, 0.2) is 36.7 Å². The van der Waals surface area contributed by atoms with Gasteiger partial charge in [-0.2, -0.15) is 0 Å². The fourth-order valence-corrected chi connectivity index (χ4v) is 1.58. The molecule has 0 aliphatic heterocycles. The zero-order valence-corrected chi connectivity index (χ0v) is 10.0. The predicted octanol–water partition coefficient (Wildman–Crippen LogP) is 3.04. The Morgan fingerprint density at radius 3 is 2.59 bits per heavy atom. The number of hydrogen-bond donors (Lipinski definition) is 1. The van der Waals surface area contributed by atoms with Gasteiger partial charge >= 0.3 is 0 Å². The van der Waals surface area contributed by atoms with E-state index in [2.05, 4.69) is 15.3 Å². The van der Waals surface area contributed by atoms with E-state index in [1.165, 1.54) is 18.5 Å². The Hall–Kier alpha value is -1.65. The number of halogens is 2. The Kier molecular flexibility index (Phi) is 3.56. The number of aromatic nitrogens is 2. The third-order valence-corrected chi connectivity index (χ3v) is 2.53. The fourth-order valence-electron chi connectivity index (χ4n) is 1.20. The molecule has 0 saturated carbocycles. The highest BCUT2D eigenvalue weighted by Crippen LogP contribution is 2.21. The minimum absolute atomic E-state index is 0.216. The summed E-state index contributed by atoms with van der Waals surface area (Å²) in [6.45, 7) is 0. The second kappa shape index (κ2) is 5.12. The fraction of sp³-hybridized carbons (Fsp3) is 0. The summed E-state index contributed by atoms with van der Waals surface area (Å²) in [7, 11) is 0. The SMILES string of the molecule is O=C(Nc1ncccn1)c1cc(Cl)ccc1Cl. The van der Waals surface area contributed by atoms with E-state index in [4.69, 9.17) is 23.2 Å². The molecule has 86 valence electrons. The summed E-state index contributed by atoms with van der Waals surface area (Å²) in [5.74, 6) is -0.183. The predicted molar refractivity (Wildman–Crippen MR) is 66.4 cm³/mol. The molecule has 0 aliphatic carbocycles. The Bertz CT molecular complexity index is 546. The number of carbonyl (C=O) groups excluding carboxylic acids is 1. The first-order valence-corrected chi connectivity index (χ1v) is 5.46. The second-order valence-corrected chi connectivity index (χ2v) is 3.99. The van der Waals surface area contributed by atoms with Gasteiger partial charge in [0.1, 0.15) is 0 Å². The lowest BCUT2D eigenvalue weighted by molar-refractivity contribution is 0.102. The van der Waals surface area contributed by atoms with E-state index >= 15 is 0 Å². The number of hydrogen-bond acceptors (Lipinski definition) is 3. The number of nitrogens with zero attached hydrogens (tertiary/aromatic N) is 2. The smallest absolute Gasteiger partial charge is 0.259 e. The number of amides is 1. The van der Waals surface area contributed by atoms with Gasteiger partial charge in [-0.25, -0.2) is 9.97 Å². The van der Waals surface area contributed by atoms with Gasteiger partial charge in [-0.05, 0) is 24.3 Å². The molecule has 0 spiro atoms. The van der Waals surface area contributed by atoms with Crippen molar-refractivity contribution in [3.63, 3.8) is 0 Å². The van der Waals surface area contributed by atoms with Crippen molar-refractivity contribution in [2.45, 2.75) is 0 Å². The Labute approximate surface area is 108 Å². The average Bonchev–Trinajstić information content (AvgIpc) is 2.33. The molecule has 1 N–H and O–H groups in total. The lowest BCUT2D eigenvalue weighted by Crippen LogP contribution is -2.14. The van der Waals surface area contributed by atoms with E-state index in [0.29, 0.717) is 10.0 Å². The largest absolute Gasteiger partial charge is 0.290 e. The molecule has 0 saturated heterocycles. The molecule has 17 heavy (non-hydrogen) atoms. The molecular weight excluding hydrogens is 261 g/mol. The molecule has 0 fully saturated rings. The molecule has 6 heteroatoms. The van der Waals surface area contributed by atoms with Gasteiger partial charge in [0.2, 0.25) is 5.95 Å². The van der Waals surface area contributed by atoms with E-state index in [1.54, 1.807) is 18.2 Å². The zero-order chi connectivity index (χ0) is 12.3. The molecule has 2 aromatic rings. The van der Waals surface area contributed by atoms with Crippen molar-refractivity contribution in [2.75, 3.05) is 5.32 Å². The van der Waals surface area contributed by atoms with Crippen LogP contribution in [0.4, 0.5) is 5.95 Å². The first-order chi connectivity index (χ1) is 8.16. The van der Waals surface area contributed by atoms with Crippen molar-refractivity contribution in [3.05, 3.63) is 52.3 Å². The summed E-state index contributed by atoms with van der Waals surface area (Å²) in [6.07, 6.45) is 3.06. The van der Waals surface area contributed by atoms with E-state index in [0.717, 1.165) is 0 Å². The molecule has 0 radical (unpaired) electrons. The van der Waals surface area contributed by atoms with Gasteiger partial charge in [0, 0.05) is 17.4 Å². The molecule has 1 aromatic heterocycles. The van der Waals surface area contributed by atoms with Gasteiger partial charge in [-0.1, -0.05) is 23.2 Å². The van der Waals surface area contributed by atoms with Crippen LogP contribution in [0.1, 0.15) is 10.4 Å². The highest BCUT2D eigenvalue weighted by Gasteiger charge is 2.11. The minimum atomic E-state index is -0.399. The van der Waals surface area contributed by atoms with Crippen LogP contribution in [-0.2, 0) is 0 Å². The van der Waals surface area contributed by atoms with Crippen LogP contribution in [0.2, 0.25) is 10.0 Å². The molecule has 4 nitrogen and oxygen atoms in total. The Morgan fingerprint density at radius 1 is 1.18 bits per heavy atom. The Morgan fingerprint density at radius 2 is 1.88 bits per heavy atom. The summed E-state index contributed by atoms with van der Waals surface area (Å²) in [4.78, 5) is 19.6. The summed E-state index contributed by atoms with van der Waals surface area (Å²) in [5.41, 5.74) is 0.284. The van der Waals surface area contributed by atoms with Crippen molar-refractivity contribution >= 4 is 35.1 Å². The molecular formula is C11H7Cl2N3O. The maximum absolute atomic E-state index is 11.9. The Balaban J connectivity index is 2.23. The molecule has 1 aromatic carbocycles. The van der Waals surface area contributed by atoms with Crippen molar-refractivity contribution in [1.82, 2.24) is 9.97 Å². The summed E-state index contributed by atoms with van der Waals surface area (Å²) < 4.78 is 0. The van der Waals surface area contributed by atoms with Crippen LogP contribution < -0.4 is 5.32 Å². The standard InChI is InChI=1S/C11H7Cl2N3O/c12-7-2-3-9(13)8(6-7)10(17)16-11-14-4-1-5-15-11/h1-6H,(H,14,15,16,17). The van der Waals surface area contributed by atoms with Crippen LogP contribution in [-0.4, -0.2) is 15.9 Å². The lowest BCUT2D eigenvalue weighted by Gasteiger charge is -2.05. The quantitative estimate of drug-likeness (QED) is 0.910. The van der Waals surface area contributed by atoms with Crippen LogP contribution in [0.3, 0.4) is 0 Å². The van der Waals surface area contributed by atoms with Gasteiger partial charge in [0.25, 0.3) is 5.91 Å². The monoisotopic (exact) mass is 267 g/mol. The van der Waals surface area contributed by atoms with Crippen molar-refractivity contribution in [1.29, 1.82) is 0 Å². The van der Waals surface area contributed by atoms with Gasteiger partial charge in [-0.15, -0.1) is 0 Å². The maximum Gasteiger partial charge on any atom is 0.259 e.